The molecule has 0 aliphatic heterocycles. The van der Waals surface area contributed by atoms with Gasteiger partial charge < -0.3 is 5.11 Å². The zero-order chi connectivity index (χ0) is 11.8. The van der Waals surface area contributed by atoms with Gasteiger partial charge in [-0.25, -0.2) is 0 Å². The fourth-order valence-electron chi connectivity index (χ4n) is 3.82. The Kier molecular flexibility index (Phi) is 3.01. The maximum Gasteiger partial charge on any atom is 0.0863 e. The molecule has 4 unspecified atom stereocenters. The SMILES string of the molecule is CCC1CCC(C#N)(C2(O)CCC(C)C2)C1. The molecule has 2 heteroatoms. The Labute approximate surface area is 98.7 Å². The van der Waals surface area contributed by atoms with Crippen LogP contribution in [0.4, 0.5) is 0 Å². The number of hydrogen-bond acceptors (Lipinski definition) is 2. The van der Waals surface area contributed by atoms with Gasteiger partial charge in [-0.3, -0.25) is 0 Å². The van der Waals surface area contributed by atoms with E-state index in [2.05, 4.69) is 19.9 Å². The summed E-state index contributed by atoms with van der Waals surface area (Å²) in [5, 5.41) is 20.3. The molecule has 2 fully saturated rings. The molecule has 0 aromatic rings. The van der Waals surface area contributed by atoms with Crippen molar-refractivity contribution in [3.8, 4) is 6.07 Å². The first-order chi connectivity index (χ1) is 7.55. The number of nitrogens with zero attached hydrogens (tertiary/aromatic N) is 1. The highest BCUT2D eigenvalue weighted by atomic mass is 16.3. The molecular weight excluding hydrogens is 198 g/mol. The van der Waals surface area contributed by atoms with E-state index in [0.29, 0.717) is 11.8 Å². The quantitative estimate of drug-likeness (QED) is 0.777. The van der Waals surface area contributed by atoms with Gasteiger partial charge in [-0.2, -0.15) is 5.26 Å². The largest absolute Gasteiger partial charge is 0.388 e. The predicted molar refractivity (Wildman–Crippen MR) is 63.6 cm³/mol. The smallest absolute Gasteiger partial charge is 0.0863 e. The van der Waals surface area contributed by atoms with E-state index in [-0.39, 0.29) is 0 Å². The van der Waals surface area contributed by atoms with Crippen molar-refractivity contribution in [3.63, 3.8) is 0 Å². The van der Waals surface area contributed by atoms with Crippen LogP contribution in [0.1, 0.15) is 58.8 Å². The minimum atomic E-state index is -0.689. The van der Waals surface area contributed by atoms with E-state index >= 15 is 0 Å². The zero-order valence-corrected chi connectivity index (χ0v) is 10.5. The maximum absolute atomic E-state index is 10.8. The van der Waals surface area contributed by atoms with Crippen LogP contribution in [-0.4, -0.2) is 10.7 Å². The van der Waals surface area contributed by atoms with Gasteiger partial charge in [0.1, 0.15) is 0 Å². The Bertz CT molecular complexity index is 308. The van der Waals surface area contributed by atoms with Crippen LogP contribution in [0.5, 0.6) is 0 Å². The molecule has 1 N–H and O–H groups in total. The van der Waals surface area contributed by atoms with Crippen LogP contribution in [0.25, 0.3) is 0 Å². The Morgan fingerprint density at radius 1 is 1.31 bits per heavy atom. The molecule has 0 heterocycles. The van der Waals surface area contributed by atoms with Crippen molar-refractivity contribution < 1.29 is 5.11 Å². The van der Waals surface area contributed by atoms with Crippen LogP contribution >= 0.6 is 0 Å². The summed E-state index contributed by atoms with van der Waals surface area (Å²) in [4.78, 5) is 0. The highest BCUT2D eigenvalue weighted by Crippen LogP contribution is 2.56. The molecule has 16 heavy (non-hydrogen) atoms. The molecule has 2 rings (SSSR count). The molecule has 4 atom stereocenters. The van der Waals surface area contributed by atoms with Gasteiger partial charge >= 0.3 is 0 Å². The molecule has 2 aliphatic carbocycles. The summed E-state index contributed by atoms with van der Waals surface area (Å²) < 4.78 is 0. The van der Waals surface area contributed by atoms with Gasteiger partial charge in [-0.1, -0.05) is 20.3 Å². The number of hydrogen-bond donors (Lipinski definition) is 1. The lowest BCUT2D eigenvalue weighted by atomic mass is 9.69. The minimum Gasteiger partial charge on any atom is -0.388 e. The van der Waals surface area contributed by atoms with Crippen molar-refractivity contribution in [1.82, 2.24) is 0 Å². The number of aliphatic hydroxyl groups is 1. The highest BCUT2D eigenvalue weighted by Gasteiger charge is 2.56. The lowest BCUT2D eigenvalue weighted by Gasteiger charge is -2.37. The average Bonchev–Trinajstić information content (AvgIpc) is 2.84. The summed E-state index contributed by atoms with van der Waals surface area (Å²) in [5.41, 5.74) is -1.12. The fraction of sp³-hybridized carbons (Fsp3) is 0.929. The molecule has 0 amide bonds. The molecule has 0 spiro atoms. The second-order valence-corrected chi connectivity index (χ2v) is 6.09. The molecular formula is C14H23NO. The van der Waals surface area contributed by atoms with Gasteiger partial charge in [0.05, 0.1) is 17.1 Å². The first-order valence-electron chi connectivity index (χ1n) is 6.69. The van der Waals surface area contributed by atoms with Crippen molar-refractivity contribution in [2.24, 2.45) is 17.3 Å². The van der Waals surface area contributed by atoms with Crippen LogP contribution in [0.2, 0.25) is 0 Å². The predicted octanol–water partition coefficient (Wildman–Crippen LogP) is 3.26. The third-order valence-electron chi connectivity index (χ3n) is 5.04. The lowest BCUT2D eigenvalue weighted by molar-refractivity contribution is -0.0512. The summed E-state index contributed by atoms with van der Waals surface area (Å²) in [6, 6.07) is 2.49. The van der Waals surface area contributed by atoms with Gasteiger partial charge in [0, 0.05) is 0 Å². The van der Waals surface area contributed by atoms with E-state index in [9.17, 15) is 10.4 Å². The topological polar surface area (TPSA) is 44.0 Å². The van der Waals surface area contributed by atoms with E-state index in [1.165, 1.54) is 0 Å². The molecule has 0 saturated heterocycles. The third-order valence-corrected chi connectivity index (χ3v) is 5.04. The maximum atomic E-state index is 10.8. The summed E-state index contributed by atoms with van der Waals surface area (Å²) in [6.45, 7) is 4.38. The number of rotatable bonds is 2. The molecule has 2 aliphatic rings. The van der Waals surface area contributed by atoms with E-state index < -0.39 is 11.0 Å². The second kappa shape index (κ2) is 4.04. The van der Waals surface area contributed by atoms with Crippen LogP contribution in [-0.2, 0) is 0 Å². The van der Waals surface area contributed by atoms with Gasteiger partial charge in [-0.15, -0.1) is 0 Å². The van der Waals surface area contributed by atoms with Gasteiger partial charge in [0.25, 0.3) is 0 Å². The molecule has 0 bridgehead atoms. The summed E-state index contributed by atoms with van der Waals surface area (Å²) in [6.07, 6.45) is 6.84. The Hall–Kier alpha value is -0.550. The fourth-order valence-corrected chi connectivity index (χ4v) is 3.82. The van der Waals surface area contributed by atoms with Gasteiger partial charge in [0.2, 0.25) is 0 Å². The number of nitriles is 1. The molecule has 0 aromatic heterocycles. The van der Waals surface area contributed by atoms with Crippen molar-refractivity contribution in [3.05, 3.63) is 0 Å². The van der Waals surface area contributed by atoms with Crippen LogP contribution in [0.3, 0.4) is 0 Å². The van der Waals surface area contributed by atoms with Crippen molar-refractivity contribution in [2.75, 3.05) is 0 Å². The third kappa shape index (κ3) is 1.66. The molecule has 0 aromatic carbocycles. The first-order valence-corrected chi connectivity index (χ1v) is 6.69. The Balaban J connectivity index is 2.20. The van der Waals surface area contributed by atoms with Crippen LogP contribution < -0.4 is 0 Å². The minimum absolute atomic E-state index is 0.432. The van der Waals surface area contributed by atoms with E-state index in [1.807, 2.05) is 0 Å². The zero-order valence-electron chi connectivity index (χ0n) is 10.5. The first kappa shape index (κ1) is 11.9. The van der Waals surface area contributed by atoms with E-state index in [1.54, 1.807) is 0 Å². The average molecular weight is 221 g/mol. The normalized spacial score (nSPS) is 48.1. The summed E-state index contributed by atoms with van der Waals surface area (Å²) in [7, 11) is 0. The lowest BCUT2D eigenvalue weighted by Crippen LogP contribution is -2.44. The van der Waals surface area contributed by atoms with Gasteiger partial charge in [0.15, 0.2) is 0 Å². The molecule has 0 radical (unpaired) electrons. The van der Waals surface area contributed by atoms with Crippen molar-refractivity contribution >= 4 is 0 Å². The van der Waals surface area contributed by atoms with Crippen molar-refractivity contribution in [1.29, 1.82) is 5.26 Å². The van der Waals surface area contributed by atoms with Crippen LogP contribution in [0.15, 0.2) is 0 Å². The van der Waals surface area contributed by atoms with Crippen LogP contribution in [0, 0.1) is 28.6 Å². The molecule has 90 valence electrons. The van der Waals surface area contributed by atoms with E-state index in [0.717, 1.165) is 44.9 Å². The Morgan fingerprint density at radius 3 is 2.50 bits per heavy atom. The molecule has 2 saturated carbocycles. The highest BCUT2D eigenvalue weighted by molar-refractivity contribution is 5.16. The summed E-state index contributed by atoms with van der Waals surface area (Å²) in [5.74, 6) is 1.23. The second-order valence-electron chi connectivity index (χ2n) is 6.09. The monoisotopic (exact) mass is 221 g/mol. The molecule has 2 nitrogen and oxygen atoms in total. The standard InChI is InChI=1S/C14H23NO/c1-3-12-5-6-13(9-12,10-15)14(16)7-4-11(2)8-14/h11-12,16H,3-9H2,1-2H3. The van der Waals surface area contributed by atoms with E-state index in [4.69, 9.17) is 0 Å². The summed E-state index contributed by atoms with van der Waals surface area (Å²) >= 11 is 0. The Morgan fingerprint density at radius 2 is 2.06 bits per heavy atom. The van der Waals surface area contributed by atoms with Gasteiger partial charge in [-0.05, 0) is 50.4 Å². The van der Waals surface area contributed by atoms with Crippen molar-refractivity contribution in [2.45, 2.75) is 64.4 Å².